The zero-order chi connectivity index (χ0) is 19.1. The van der Waals surface area contributed by atoms with Gasteiger partial charge in [-0.15, -0.1) is 0 Å². The summed E-state index contributed by atoms with van der Waals surface area (Å²) in [7, 11) is -4.49. The summed E-state index contributed by atoms with van der Waals surface area (Å²) in [6, 6.07) is 33.1. The molecule has 0 radical (unpaired) electrons. The molecule has 27 heavy (non-hydrogen) atoms. The molecule has 0 aliphatic carbocycles. The maximum atomic E-state index is 10.7. The Morgan fingerprint density at radius 2 is 1.07 bits per heavy atom. The van der Waals surface area contributed by atoms with E-state index in [1.54, 1.807) is 18.2 Å². The van der Waals surface area contributed by atoms with E-state index in [1.165, 1.54) is 17.2 Å². The lowest BCUT2D eigenvalue weighted by Crippen LogP contribution is -1.90. The molecule has 2 N–H and O–H groups in total. The van der Waals surface area contributed by atoms with Crippen molar-refractivity contribution in [3.05, 3.63) is 103 Å². The number of phosphoric ester groups is 1. The predicted octanol–water partition coefficient (Wildman–Crippen LogP) is 5.66. The first-order valence-corrected chi connectivity index (χ1v) is 9.89. The maximum absolute atomic E-state index is 10.7. The van der Waals surface area contributed by atoms with Gasteiger partial charge in [-0.05, 0) is 22.6 Å². The average molecular weight is 378 g/mol. The van der Waals surface area contributed by atoms with Crippen LogP contribution in [0.5, 0.6) is 5.75 Å². The van der Waals surface area contributed by atoms with E-state index in [0.29, 0.717) is 5.39 Å². The summed E-state index contributed by atoms with van der Waals surface area (Å²) in [5.41, 5.74) is 2.55. The molecular formula is C22H19O4P. The molecule has 0 heterocycles. The predicted molar refractivity (Wildman–Crippen MR) is 108 cm³/mol. The number of benzene rings is 4. The van der Waals surface area contributed by atoms with Gasteiger partial charge in [-0.1, -0.05) is 97.1 Å². The standard InChI is InChI=1S/C12H10.C10H9O4P/c1-3-7-11(8-4-1)12-9-5-2-6-10-12;11-15(12,13)14-10-7-3-5-8-4-1-2-6-9(8)10/h1-10H;1-7H,(H2,11,12,13). The zero-order valence-electron chi connectivity index (χ0n) is 14.5. The molecule has 0 bridgehead atoms. The van der Waals surface area contributed by atoms with Crippen LogP contribution >= 0.6 is 7.82 Å². The second-order valence-electron chi connectivity index (χ2n) is 5.79. The third-order valence-electron chi connectivity index (χ3n) is 3.85. The van der Waals surface area contributed by atoms with Crippen LogP contribution in [0.1, 0.15) is 0 Å². The van der Waals surface area contributed by atoms with Gasteiger partial charge in [0.05, 0.1) is 0 Å². The second-order valence-corrected chi connectivity index (χ2v) is 6.95. The summed E-state index contributed by atoms with van der Waals surface area (Å²) in [5, 5.41) is 1.56. The van der Waals surface area contributed by atoms with Crippen LogP contribution in [0.25, 0.3) is 21.9 Å². The molecule has 0 amide bonds. The quantitative estimate of drug-likeness (QED) is 0.451. The van der Waals surface area contributed by atoms with Gasteiger partial charge in [0.1, 0.15) is 5.75 Å². The van der Waals surface area contributed by atoms with Gasteiger partial charge in [-0.2, -0.15) is 0 Å². The van der Waals surface area contributed by atoms with Crippen molar-refractivity contribution in [2.24, 2.45) is 0 Å². The van der Waals surface area contributed by atoms with Crippen molar-refractivity contribution >= 4 is 18.6 Å². The smallest absolute Gasteiger partial charge is 0.404 e. The SMILES string of the molecule is O=P(O)(O)Oc1cccc2ccccc12.c1ccc(-c2ccccc2)cc1. The van der Waals surface area contributed by atoms with Crippen molar-refractivity contribution in [1.29, 1.82) is 0 Å². The van der Waals surface area contributed by atoms with Crippen molar-refractivity contribution in [2.45, 2.75) is 0 Å². The number of hydrogen-bond acceptors (Lipinski definition) is 2. The Hall–Kier alpha value is -2.91. The van der Waals surface area contributed by atoms with Crippen molar-refractivity contribution in [3.8, 4) is 16.9 Å². The van der Waals surface area contributed by atoms with E-state index in [9.17, 15) is 4.57 Å². The number of phosphoric acid groups is 1. The van der Waals surface area contributed by atoms with E-state index >= 15 is 0 Å². The van der Waals surface area contributed by atoms with Gasteiger partial charge in [0.25, 0.3) is 0 Å². The Morgan fingerprint density at radius 3 is 1.63 bits per heavy atom. The van der Waals surface area contributed by atoms with Gasteiger partial charge in [0.15, 0.2) is 0 Å². The monoisotopic (exact) mass is 378 g/mol. The van der Waals surface area contributed by atoms with Crippen molar-refractivity contribution in [2.75, 3.05) is 0 Å². The molecule has 0 aromatic heterocycles. The van der Waals surface area contributed by atoms with E-state index in [0.717, 1.165) is 5.39 Å². The zero-order valence-corrected chi connectivity index (χ0v) is 15.4. The largest absolute Gasteiger partial charge is 0.524 e. The van der Waals surface area contributed by atoms with Gasteiger partial charge in [-0.3, -0.25) is 9.79 Å². The fourth-order valence-corrected chi connectivity index (χ4v) is 3.08. The van der Waals surface area contributed by atoms with Crippen molar-refractivity contribution in [3.63, 3.8) is 0 Å². The average Bonchev–Trinajstić information content (AvgIpc) is 2.69. The first-order valence-electron chi connectivity index (χ1n) is 8.36. The van der Waals surface area contributed by atoms with Gasteiger partial charge >= 0.3 is 7.82 Å². The third-order valence-corrected chi connectivity index (χ3v) is 4.28. The minimum atomic E-state index is -4.49. The van der Waals surface area contributed by atoms with Crippen LogP contribution < -0.4 is 4.52 Å². The topological polar surface area (TPSA) is 66.8 Å². The van der Waals surface area contributed by atoms with Gasteiger partial charge < -0.3 is 4.52 Å². The molecule has 136 valence electrons. The second kappa shape index (κ2) is 8.65. The summed E-state index contributed by atoms with van der Waals surface area (Å²) >= 11 is 0. The van der Waals surface area contributed by atoms with E-state index < -0.39 is 7.82 Å². The first kappa shape index (κ1) is 18.9. The first-order chi connectivity index (χ1) is 13.0. The molecule has 0 fully saturated rings. The molecule has 5 heteroatoms. The molecule has 0 unspecified atom stereocenters. The lowest BCUT2D eigenvalue weighted by atomic mass is 10.1. The Bertz CT molecular complexity index is 1000. The highest BCUT2D eigenvalue weighted by Gasteiger charge is 2.17. The molecule has 4 nitrogen and oxygen atoms in total. The minimum absolute atomic E-state index is 0.196. The van der Waals surface area contributed by atoms with E-state index in [-0.39, 0.29) is 5.75 Å². The lowest BCUT2D eigenvalue weighted by Gasteiger charge is -2.09. The summed E-state index contributed by atoms with van der Waals surface area (Å²) in [6.07, 6.45) is 0. The molecule has 0 aliphatic heterocycles. The molecule has 0 atom stereocenters. The molecule has 0 spiro atoms. The summed E-state index contributed by atoms with van der Waals surface area (Å²) in [4.78, 5) is 17.4. The van der Waals surface area contributed by atoms with Crippen LogP contribution in [-0.2, 0) is 4.57 Å². The van der Waals surface area contributed by atoms with Gasteiger partial charge in [0, 0.05) is 5.39 Å². The Kier molecular flexibility index (Phi) is 6.05. The highest BCUT2D eigenvalue weighted by Crippen LogP contribution is 2.40. The molecule has 0 saturated carbocycles. The molecule has 0 aliphatic rings. The molecular weight excluding hydrogens is 359 g/mol. The van der Waals surface area contributed by atoms with Crippen LogP contribution in [0.3, 0.4) is 0 Å². The lowest BCUT2D eigenvalue weighted by molar-refractivity contribution is 0.284. The van der Waals surface area contributed by atoms with Crippen molar-refractivity contribution in [1.82, 2.24) is 0 Å². The number of fused-ring (bicyclic) bond motifs is 1. The Morgan fingerprint density at radius 1 is 0.593 bits per heavy atom. The normalized spacial score (nSPS) is 10.7. The molecule has 4 rings (SSSR count). The number of hydrogen-bond donors (Lipinski definition) is 2. The maximum Gasteiger partial charge on any atom is 0.524 e. The summed E-state index contributed by atoms with van der Waals surface area (Å²) < 4.78 is 15.3. The molecule has 0 saturated heterocycles. The molecule has 4 aromatic carbocycles. The fourth-order valence-electron chi connectivity index (χ4n) is 2.66. The third kappa shape index (κ3) is 5.53. The van der Waals surface area contributed by atoms with Crippen LogP contribution in [0, 0.1) is 0 Å². The van der Waals surface area contributed by atoms with Crippen LogP contribution in [0.4, 0.5) is 0 Å². The van der Waals surface area contributed by atoms with Crippen LogP contribution in [0.15, 0.2) is 103 Å². The summed E-state index contributed by atoms with van der Waals surface area (Å²) in [6.45, 7) is 0. The number of rotatable bonds is 3. The van der Waals surface area contributed by atoms with Crippen molar-refractivity contribution < 1.29 is 18.9 Å². The van der Waals surface area contributed by atoms with E-state index in [2.05, 4.69) is 53.1 Å². The highest BCUT2D eigenvalue weighted by atomic mass is 31.2. The fraction of sp³-hybridized carbons (Fsp3) is 0. The summed E-state index contributed by atoms with van der Waals surface area (Å²) in [5.74, 6) is 0.196. The van der Waals surface area contributed by atoms with E-state index in [4.69, 9.17) is 9.79 Å². The Labute approximate surface area is 157 Å². The van der Waals surface area contributed by atoms with Crippen LogP contribution in [-0.4, -0.2) is 9.79 Å². The minimum Gasteiger partial charge on any atom is -0.404 e. The van der Waals surface area contributed by atoms with E-state index in [1.807, 2.05) is 30.3 Å². The molecule has 4 aromatic rings. The Balaban J connectivity index is 0.000000159. The highest BCUT2D eigenvalue weighted by molar-refractivity contribution is 7.46. The van der Waals surface area contributed by atoms with Gasteiger partial charge in [-0.25, -0.2) is 4.57 Å². The van der Waals surface area contributed by atoms with Gasteiger partial charge in [0.2, 0.25) is 0 Å². The van der Waals surface area contributed by atoms with Crippen LogP contribution in [0.2, 0.25) is 0 Å².